The second-order valence-electron chi connectivity index (χ2n) is 5.39. The van der Waals surface area contributed by atoms with Gasteiger partial charge >= 0.3 is 0 Å². The highest BCUT2D eigenvalue weighted by atomic mass is 32.2. The standard InChI is InChI=1S/C20H16N2S/c1-2-8-16(9-3-1)19-13-21-20(22-19)23-14-17-11-6-10-15-7-4-5-12-18(15)17/h1-13H,14H2,(H,21,22). The molecule has 0 bridgehead atoms. The van der Waals surface area contributed by atoms with Crippen molar-refractivity contribution < 1.29 is 0 Å². The third-order valence-electron chi connectivity index (χ3n) is 3.88. The molecule has 0 radical (unpaired) electrons. The summed E-state index contributed by atoms with van der Waals surface area (Å²) in [6.45, 7) is 0. The van der Waals surface area contributed by atoms with Crippen LogP contribution in [0.15, 0.2) is 84.1 Å². The molecule has 1 aromatic heterocycles. The Bertz CT molecular complexity index is 923. The van der Waals surface area contributed by atoms with Gasteiger partial charge in [0, 0.05) is 5.75 Å². The fraction of sp³-hybridized carbons (Fsp3) is 0.0500. The fourth-order valence-corrected chi connectivity index (χ4v) is 3.56. The Kier molecular flexibility index (Phi) is 3.86. The van der Waals surface area contributed by atoms with Crippen molar-refractivity contribution in [2.45, 2.75) is 10.9 Å². The van der Waals surface area contributed by atoms with Crippen LogP contribution in [-0.2, 0) is 5.75 Å². The molecule has 0 spiro atoms. The van der Waals surface area contributed by atoms with Crippen LogP contribution in [0.4, 0.5) is 0 Å². The van der Waals surface area contributed by atoms with E-state index in [0.717, 1.165) is 22.2 Å². The Labute approximate surface area is 139 Å². The zero-order chi connectivity index (χ0) is 15.5. The van der Waals surface area contributed by atoms with Gasteiger partial charge < -0.3 is 4.98 Å². The SMILES string of the molecule is c1ccc(-c2cnc(SCc3cccc4ccccc34)[nH]2)cc1. The summed E-state index contributed by atoms with van der Waals surface area (Å²) in [5, 5.41) is 3.56. The summed E-state index contributed by atoms with van der Waals surface area (Å²) in [4.78, 5) is 7.89. The summed E-state index contributed by atoms with van der Waals surface area (Å²) in [5.74, 6) is 0.906. The number of hydrogen-bond donors (Lipinski definition) is 1. The van der Waals surface area contributed by atoms with Crippen LogP contribution in [0.3, 0.4) is 0 Å². The smallest absolute Gasteiger partial charge is 0.166 e. The molecule has 0 aliphatic rings. The summed E-state index contributed by atoms with van der Waals surface area (Å²) < 4.78 is 0. The highest BCUT2D eigenvalue weighted by Gasteiger charge is 2.05. The number of aromatic amines is 1. The Morgan fingerprint density at radius 3 is 2.52 bits per heavy atom. The van der Waals surface area contributed by atoms with Gasteiger partial charge in [0.25, 0.3) is 0 Å². The van der Waals surface area contributed by atoms with Crippen LogP contribution in [-0.4, -0.2) is 9.97 Å². The molecule has 23 heavy (non-hydrogen) atoms. The molecule has 0 aliphatic heterocycles. The highest BCUT2D eigenvalue weighted by Crippen LogP contribution is 2.27. The van der Waals surface area contributed by atoms with Gasteiger partial charge in [-0.3, -0.25) is 0 Å². The van der Waals surface area contributed by atoms with Crippen LogP contribution in [0.5, 0.6) is 0 Å². The van der Waals surface area contributed by atoms with Crippen LogP contribution in [0.2, 0.25) is 0 Å². The first-order valence-corrected chi connectivity index (χ1v) is 8.58. The molecule has 0 saturated carbocycles. The zero-order valence-corrected chi connectivity index (χ0v) is 13.4. The van der Waals surface area contributed by atoms with Gasteiger partial charge in [-0.05, 0) is 21.9 Å². The van der Waals surface area contributed by atoms with Gasteiger partial charge in [0.1, 0.15) is 0 Å². The summed E-state index contributed by atoms with van der Waals surface area (Å²) in [5.41, 5.74) is 3.56. The van der Waals surface area contributed by atoms with Crippen molar-refractivity contribution in [2.24, 2.45) is 0 Å². The van der Waals surface area contributed by atoms with Crippen LogP contribution in [0, 0.1) is 0 Å². The molecule has 2 nitrogen and oxygen atoms in total. The second-order valence-corrected chi connectivity index (χ2v) is 6.36. The van der Waals surface area contributed by atoms with E-state index in [1.807, 2.05) is 24.4 Å². The molecule has 1 heterocycles. The molecule has 3 heteroatoms. The van der Waals surface area contributed by atoms with Crippen LogP contribution < -0.4 is 0 Å². The quantitative estimate of drug-likeness (QED) is 0.502. The first-order valence-electron chi connectivity index (χ1n) is 7.60. The lowest BCUT2D eigenvalue weighted by Gasteiger charge is -2.05. The number of benzene rings is 3. The normalized spacial score (nSPS) is 11.0. The van der Waals surface area contributed by atoms with Crippen LogP contribution in [0.25, 0.3) is 22.0 Å². The highest BCUT2D eigenvalue weighted by molar-refractivity contribution is 7.98. The molecule has 1 N–H and O–H groups in total. The summed E-state index contributed by atoms with van der Waals surface area (Å²) >= 11 is 1.74. The summed E-state index contributed by atoms with van der Waals surface area (Å²) in [7, 11) is 0. The number of rotatable bonds is 4. The number of nitrogens with zero attached hydrogens (tertiary/aromatic N) is 1. The average molecular weight is 316 g/mol. The Hall–Kier alpha value is -2.52. The van der Waals surface area contributed by atoms with Crippen molar-refractivity contribution in [2.75, 3.05) is 0 Å². The lowest BCUT2D eigenvalue weighted by atomic mass is 10.1. The fourth-order valence-electron chi connectivity index (χ4n) is 2.71. The maximum absolute atomic E-state index is 4.50. The number of thioether (sulfide) groups is 1. The minimum Gasteiger partial charge on any atom is -0.333 e. The maximum Gasteiger partial charge on any atom is 0.166 e. The molecule has 0 atom stereocenters. The Balaban J connectivity index is 1.54. The average Bonchev–Trinajstić information content (AvgIpc) is 3.10. The van der Waals surface area contributed by atoms with E-state index in [1.54, 1.807) is 11.8 Å². The third-order valence-corrected chi connectivity index (χ3v) is 4.82. The van der Waals surface area contributed by atoms with Crippen molar-refractivity contribution >= 4 is 22.5 Å². The number of nitrogens with one attached hydrogen (secondary N) is 1. The molecular weight excluding hydrogens is 300 g/mol. The van der Waals surface area contributed by atoms with Crippen molar-refractivity contribution in [3.8, 4) is 11.3 Å². The van der Waals surface area contributed by atoms with E-state index < -0.39 is 0 Å². The number of H-pyrrole nitrogens is 1. The maximum atomic E-state index is 4.50. The van der Waals surface area contributed by atoms with Crippen molar-refractivity contribution in [1.82, 2.24) is 9.97 Å². The molecule has 112 valence electrons. The van der Waals surface area contributed by atoms with E-state index in [9.17, 15) is 0 Å². The zero-order valence-electron chi connectivity index (χ0n) is 12.6. The van der Waals surface area contributed by atoms with Crippen molar-refractivity contribution in [1.29, 1.82) is 0 Å². The monoisotopic (exact) mass is 316 g/mol. The van der Waals surface area contributed by atoms with Gasteiger partial charge in [0.05, 0.1) is 11.9 Å². The molecule has 4 aromatic rings. The van der Waals surface area contributed by atoms with Gasteiger partial charge in [0.2, 0.25) is 0 Å². The third kappa shape index (κ3) is 3.01. The molecule has 0 unspecified atom stereocenters. The van der Waals surface area contributed by atoms with Crippen LogP contribution >= 0.6 is 11.8 Å². The molecule has 0 amide bonds. The molecule has 3 aromatic carbocycles. The Morgan fingerprint density at radius 2 is 1.61 bits per heavy atom. The van der Waals surface area contributed by atoms with E-state index >= 15 is 0 Å². The number of imidazole rings is 1. The van der Waals surface area contributed by atoms with E-state index in [-0.39, 0.29) is 0 Å². The number of fused-ring (bicyclic) bond motifs is 1. The van der Waals surface area contributed by atoms with Gasteiger partial charge in [-0.15, -0.1) is 0 Å². The molecule has 0 fully saturated rings. The van der Waals surface area contributed by atoms with E-state index in [1.165, 1.54) is 16.3 Å². The Morgan fingerprint density at radius 1 is 0.826 bits per heavy atom. The van der Waals surface area contributed by atoms with Gasteiger partial charge in [-0.25, -0.2) is 4.98 Å². The minimum absolute atomic E-state index is 0.906. The van der Waals surface area contributed by atoms with Gasteiger partial charge in [-0.2, -0.15) is 0 Å². The van der Waals surface area contributed by atoms with Crippen molar-refractivity contribution in [3.63, 3.8) is 0 Å². The number of hydrogen-bond acceptors (Lipinski definition) is 2. The van der Waals surface area contributed by atoms with E-state index in [4.69, 9.17) is 0 Å². The topological polar surface area (TPSA) is 28.7 Å². The summed E-state index contributed by atoms with van der Waals surface area (Å²) in [6.07, 6.45) is 1.90. The van der Waals surface area contributed by atoms with Crippen molar-refractivity contribution in [3.05, 3.63) is 84.6 Å². The first-order chi connectivity index (χ1) is 11.4. The predicted molar refractivity (Wildman–Crippen MR) is 97.5 cm³/mol. The molecule has 0 saturated heterocycles. The predicted octanol–water partition coefficient (Wildman–Crippen LogP) is 5.52. The molecule has 4 rings (SSSR count). The van der Waals surface area contributed by atoms with Gasteiger partial charge in [0.15, 0.2) is 5.16 Å². The largest absolute Gasteiger partial charge is 0.333 e. The van der Waals surface area contributed by atoms with Gasteiger partial charge in [-0.1, -0.05) is 84.6 Å². The van der Waals surface area contributed by atoms with Crippen LogP contribution in [0.1, 0.15) is 5.56 Å². The lowest BCUT2D eigenvalue weighted by molar-refractivity contribution is 1.06. The first kappa shape index (κ1) is 14.1. The minimum atomic E-state index is 0.906. The molecular formula is C20H16N2S. The summed E-state index contributed by atoms with van der Waals surface area (Å²) in [6, 6.07) is 25.3. The van der Waals surface area contributed by atoms with E-state index in [2.05, 4.69) is 64.6 Å². The number of aromatic nitrogens is 2. The second kappa shape index (κ2) is 6.31. The van der Waals surface area contributed by atoms with E-state index in [0.29, 0.717) is 0 Å². The lowest BCUT2D eigenvalue weighted by Crippen LogP contribution is -1.85. The molecule has 0 aliphatic carbocycles.